The van der Waals surface area contributed by atoms with Crippen LogP contribution in [0, 0.1) is 11.8 Å². The summed E-state index contributed by atoms with van der Waals surface area (Å²) in [6, 6.07) is 16.7. The van der Waals surface area contributed by atoms with Crippen molar-refractivity contribution in [2.24, 2.45) is 11.8 Å². The lowest BCUT2D eigenvalue weighted by Gasteiger charge is -2.22. The molecule has 1 nitrogen and oxygen atoms in total. The molecule has 0 amide bonds. The highest BCUT2D eigenvalue weighted by molar-refractivity contribution is 5.94. The van der Waals surface area contributed by atoms with Gasteiger partial charge in [-0.2, -0.15) is 0 Å². The lowest BCUT2D eigenvalue weighted by Crippen LogP contribution is -2.10. The Morgan fingerprint density at radius 3 is 2.50 bits per heavy atom. The van der Waals surface area contributed by atoms with Gasteiger partial charge in [-0.15, -0.1) is 0 Å². The first kappa shape index (κ1) is 20.3. The van der Waals surface area contributed by atoms with Crippen LogP contribution < -0.4 is 0 Å². The van der Waals surface area contributed by atoms with Crippen molar-refractivity contribution in [2.75, 3.05) is 0 Å². The molecule has 2 aliphatic carbocycles. The second-order valence-corrected chi connectivity index (χ2v) is 8.72. The second-order valence-electron chi connectivity index (χ2n) is 8.72. The van der Waals surface area contributed by atoms with E-state index in [1.54, 1.807) is 12.5 Å². The van der Waals surface area contributed by atoms with Crippen molar-refractivity contribution < 1.29 is 4.79 Å². The molecule has 0 saturated heterocycles. The van der Waals surface area contributed by atoms with Gasteiger partial charge in [0.1, 0.15) is 0 Å². The van der Waals surface area contributed by atoms with E-state index < -0.39 is 0 Å². The van der Waals surface area contributed by atoms with E-state index in [0.717, 1.165) is 36.0 Å². The number of ketones is 1. The number of allylic oxidation sites excluding steroid dienone is 7. The minimum Gasteiger partial charge on any atom is -0.295 e. The van der Waals surface area contributed by atoms with Crippen molar-refractivity contribution in [1.82, 2.24) is 0 Å². The number of benzene rings is 2. The Labute approximate surface area is 180 Å². The Hall–Kier alpha value is -2.93. The molecule has 30 heavy (non-hydrogen) atoms. The quantitative estimate of drug-likeness (QED) is 0.465. The van der Waals surface area contributed by atoms with E-state index in [9.17, 15) is 4.79 Å². The second kappa shape index (κ2) is 8.44. The van der Waals surface area contributed by atoms with Gasteiger partial charge in [0, 0.05) is 5.56 Å². The highest BCUT2D eigenvalue weighted by atomic mass is 16.1. The molecular formula is C29H30O. The molecule has 152 valence electrons. The molecule has 0 aliphatic heterocycles. The molecule has 2 aliphatic rings. The van der Waals surface area contributed by atoms with Gasteiger partial charge < -0.3 is 0 Å². The first-order chi connectivity index (χ1) is 14.4. The standard InChI is InChI=1S/C29H30O/c1-19-7-5-10-27(19)29-16-15-28(21(29)3)26-9-6-8-23(18-26)17-20(2)24-11-13-25(14-12-24)22(4)30/h5-9,11-15,18,21,29H,2,10,16-17H2,1,3-4H3. The summed E-state index contributed by atoms with van der Waals surface area (Å²) >= 11 is 0. The molecule has 2 aromatic carbocycles. The fourth-order valence-corrected chi connectivity index (χ4v) is 4.91. The van der Waals surface area contributed by atoms with Crippen LogP contribution in [0.25, 0.3) is 11.1 Å². The number of carbonyl (C=O) groups is 1. The van der Waals surface area contributed by atoms with E-state index in [0.29, 0.717) is 11.8 Å². The Morgan fingerprint density at radius 1 is 1.10 bits per heavy atom. The minimum atomic E-state index is 0.0940. The summed E-state index contributed by atoms with van der Waals surface area (Å²) in [5.41, 5.74) is 10.1. The summed E-state index contributed by atoms with van der Waals surface area (Å²) in [6.07, 6.45) is 10.1. The lowest BCUT2D eigenvalue weighted by molar-refractivity contribution is 0.101. The van der Waals surface area contributed by atoms with Crippen molar-refractivity contribution >= 4 is 16.9 Å². The zero-order valence-electron chi connectivity index (χ0n) is 18.2. The molecule has 2 unspecified atom stereocenters. The van der Waals surface area contributed by atoms with Crippen LogP contribution >= 0.6 is 0 Å². The molecule has 0 heterocycles. The van der Waals surface area contributed by atoms with Crippen LogP contribution in [0.5, 0.6) is 0 Å². The summed E-state index contributed by atoms with van der Waals surface area (Å²) in [7, 11) is 0. The average molecular weight is 395 g/mol. The molecular weight excluding hydrogens is 364 g/mol. The van der Waals surface area contributed by atoms with Crippen LogP contribution in [0.4, 0.5) is 0 Å². The van der Waals surface area contributed by atoms with Gasteiger partial charge in [0.25, 0.3) is 0 Å². The zero-order valence-corrected chi connectivity index (χ0v) is 18.2. The van der Waals surface area contributed by atoms with Gasteiger partial charge in [-0.25, -0.2) is 0 Å². The van der Waals surface area contributed by atoms with Crippen molar-refractivity contribution in [3.8, 4) is 0 Å². The SMILES string of the molecule is C=C(Cc1cccc(C2=CCC(C3=C(C)C=CC3)C2C)c1)c1ccc(C(C)=O)cc1. The van der Waals surface area contributed by atoms with Crippen molar-refractivity contribution in [3.05, 3.63) is 107 Å². The van der Waals surface area contributed by atoms with E-state index in [-0.39, 0.29) is 5.78 Å². The highest BCUT2D eigenvalue weighted by Crippen LogP contribution is 2.44. The number of carbonyl (C=O) groups excluding carboxylic acids is 1. The smallest absolute Gasteiger partial charge is 0.159 e. The summed E-state index contributed by atoms with van der Waals surface area (Å²) in [5, 5.41) is 0. The fraction of sp³-hybridized carbons (Fsp3) is 0.276. The molecule has 0 spiro atoms. The molecule has 4 rings (SSSR count). The summed E-state index contributed by atoms with van der Waals surface area (Å²) < 4.78 is 0. The van der Waals surface area contributed by atoms with Crippen LogP contribution in [0.2, 0.25) is 0 Å². The molecule has 0 bridgehead atoms. The maximum Gasteiger partial charge on any atom is 0.159 e. The maximum atomic E-state index is 11.5. The lowest BCUT2D eigenvalue weighted by atomic mass is 9.82. The first-order valence-electron chi connectivity index (χ1n) is 10.9. The van der Waals surface area contributed by atoms with E-state index in [1.807, 2.05) is 24.3 Å². The normalized spacial score (nSPS) is 20.6. The van der Waals surface area contributed by atoms with E-state index in [4.69, 9.17) is 0 Å². The van der Waals surface area contributed by atoms with Crippen LogP contribution in [0.15, 0.2) is 84.5 Å². The van der Waals surface area contributed by atoms with Gasteiger partial charge >= 0.3 is 0 Å². The Balaban J connectivity index is 1.48. The van der Waals surface area contributed by atoms with Crippen LogP contribution in [0.1, 0.15) is 60.7 Å². The molecule has 0 radical (unpaired) electrons. The van der Waals surface area contributed by atoms with Crippen molar-refractivity contribution in [3.63, 3.8) is 0 Å². The number of Topliss-reactive ketones (excluding diaryl/α,β-unsaturated/α-hetero) is 1. The predicted octanol–water partition coefficient (Wildman–Crippen LogP) is 7.46. The van der Waals surface area contributed by atoms with Gasteiger partial charge in [0.05, 0.1) is 0 Å². The third-order valence-electron chi connectivity index (χ3n) is 6.72. The Bertz CT molecular complexity index is 1080. The number of rotatable bonds is 6. The molecule has 0 aromatic heterocycles. The zero-order chi connectivity index (χ0) is 21.3. The van der Waals surface area contributed by atoms with Gasteiger partial charge in [-0.3, -0.25) is 4.79 Å². The van der Waals surface area contributed by atoms with E-state index in [2.05, 4.69) is 62.9 Å². The van der Waals surface area contributed by atoms with Gasteiger partial charge in [0.2, 0.25) is 0 Å². The number of hydrogen-bond acceptors (Lipinski definition) is 1. The van der Waals surface area contributed by atoms with Crippen LogP contribution in [-0.2, 0) is 6.42 Å². The highest BCUT2D eigenvalue weighted by Gasteiger charge is 2.30. The van der Waals surface area contributed by atoms with E-state index >= 15 is 0 Å². The molecule has 0 saturated carbocycles. The molecule has 1 heteroatoms. The van der Waals surface area contributed by atoms with Crippen molar-refractivity contribution in [2.45, 2.75) is 40.0 Å². The Morgan fingerprint density at radius 2 is 1.83 bits per heavy atom. The molecule has 0 N–H and O–H groups in total. The summed E-state index contributed by atoms with van der Waals surface area (Å²) in [5.74, 6) is 1.28. The van der Waals surface area contributed by atoms with Gasteiger partial charge in [0.15, 0.2) is 5.78 Å². The largest absolute Gasteiger partial charge is 0.295 e. The monoisotopic (exact) mass is 394 g/mol. The first-order valence-corrected chi connectivity index (χ1v) is 10.9. The predicted molar refractivity (Wildman–Crippen MR) is 127 cm³/mol. The van der Waals surface area contributed by atoms with E-state index in [1.165, 1.54) is 22.3 Å². The topological polar surface area (TPSA) is 17.1 Å². The molecule has 2 aromatic rings. The Kier molecular flexibility index (Phi) is 5.72. The third-order valence-corrected chi connectivity index (χ3v) is 6.72. The molecule has 2 atom stereocenters. The fourth-order valence-electron chi connectivity index (χ4n) is 4.91. The van der Waals surface area contributed by atoms with Crippen molar-refractivity contribution in [1.29, 1.82) is 0 Å². The summed E-state index contributed by atoms with van der Waals surface area (Å²) in [6.45, 7) is 10.5. The summed E-state index contributed by atoms with van der Waals surface area (Å²) in [4.78, 5) is 11.5. The van der Waals surface area contributed by atoms with Crippen LogP contribution in [0.3, 0.4) is 0 Å². The van der Waals surface area contributed by atoms with Crippen LogP contribution in [-0.4, -0.2) is 5.78 Å². The average Bonchev–Trinajstić information content (AvgIpc) is 3.33. The number of hydrogen-bond donors (Lipinski definition) is 0. The minimum absolute atomic E-state index is 0.0940. The molecule has 0 fully saturated rings. The van der Waals surface area contributed by atoms with Gasteiger partial charge in [-0.1, -0.05) is 91.4 Å². The van der Waals surface area contributed by atoms with Gasteiger partial charge in [-0.05, 0) is 72.8 Å². The third kappa shape index (κ3) is 4.03. The maximum absolute atomic E-state index is 11.5.